The number of morpholine rings is 1. The lowest BCUT2D eigenvalue weighted by atomic mass is 10.0. The highest BCUT2D eigenvalue weighted by molar-refractivity contribution is 6.07. The quantitative estimate of drug-likeness (QED) is 0.518. The van der Waals surface area contributed by atoms with Crippen LogP contribution in [-0.4, -0.2) is 56.6 Å². The highest BCUT2D eigenvalue weighted by Crippen LogP contribution is 2.28. The molecule has 1 saturated heterocycles. The Balaban J connectivity index is 1.64. The predicted octanol–water partition coefficient (Wildman–Crippen LogP) is 3.45. The summed E-state index contributed by atoms with van der Waals surface area (Å²) in [7, 11) is 1.54. The second-order valence-corrected chi connectivity index (χ2v) is 7.19. The number of nitrogens with zero attached hydrogens (tertiary/aromatic N) is 1. The van der Waals surface area contributed by atoms with Gasteiger partial charge in [0.25, 0.3) is 5.91 Å². The zero-order valence-electron chi connectivity index (χ0n) is 17.6. The fraction of sp³-hybridized carbons (Fsp3) is 0.333. The van der Waals surface area contributed by atoms with E-state index in [1.165, 1.54) is 0 Å². The van der Waals surface area contributed by atoms with Gasteiger partial charge < -0.3 is 19.1 Å². The molecule has 0 aliphatic carbocycles. The Bertz CT molecular complexity index is 945. The minimum atomic E-state index is -0.0803. The molecule has 0 spiro atoms. The third-order valence-corrected chi connectivity index (χ3v) is 5.12. The van der Waals surface area contributed by atoms with Crippen molar-refractivity contribution in [3.8, 4) is 11.5 Å². The summed E-state index contributed by atoms with van der Waals surface area (Å²) in [4.78, 5) is 26.4. The van der Waals surface area contributed by atoms with Gasteiger partial charge in [-0.2, -0.15) is 0 Å². The third kappa shape index (κ3) is 5.48. The Morgan fingerprint density at radius 2 is 1.80 bits per heavy atom. The van der Waals surface area contributed by atoms with E-state index in [4.69, 9.17) is 14.2 Å². The van der Waals surface area contributed by atoms with Crippen LogP contribution in [0.15, 0.2) is 42.5 Å². The number of hydrogen-bond donors (Lipinski definition) is 0. The Morgan fingerprint density at radius 3 is 2.50 bits per heavy atom. The van der Waals surface area contributed by atoms with E-state index in [0.29, 0.717) is 43.4 Å². The summed E-state index contributed by atoms with van der Waals surface area (Å²) in [6, 6.07) is 11.0. The van der Waals surface area contributed by atoms with Crippen molar-refractivity contribution < 1.29 is 23.8 Å². The van der Waals surface area contributed by atoms with Gasteiger partial charge in [-0.3, -0.25) is 9.59 Å². The molecule has 30 heavy (non-hydrogen) atoms. The van der Waals surface area contributed by atoms with Crippen LogP contribution in [-0.2, 0) is 9.53 Å². The van der Waals surface area contributed by atoms with Crippen LogP contribution in [0.1, 0.15) is 27.0 Å². The van der Waals surface area contributed by atoms with E-state index in [1.807, 2.05) is 38.1 Å². The number of ketones is 1. The minimum Gasteiger partial charge on any atom is -0.493 e. The second-order valence-electron chi connectivity index (χ2n) is 7.19. The second kappa shape index (κ2) is 10.1. The fourth-order valence-electron chi connectivity index (χ4n) is 3.11. The standard InChI is InChI=1S/C24H27NO5/c1-17-4-7-20(14-18(17)2)21(26)8-5-19-6-9-22(23(15-19)28-3)30-16-24(27)25-10-12-29-13-11-25/h4-9,14-15H,10-13,16H2,1-3H3/b8-5+. The van der Waals surface area contributed by atoms with Crippen molar-refractivity contribution in [3.05, 3.63) is 64.7 Å². The third-order valence-electron chi connectivity index (χ3n) is 5.12. The molecule has 1 amide bonds. The van der Waals surface area contributed by atoms with Crippen LogP contribution in [0.4, 0.5) is 0 Å². The normalized spacial score (nSPS) is 14.0. The number of allylic oxidation sites excluding steroid dienone is 1. The van der Waals surface area contributed by atoms with Crippen molar-refractivity contribution in [3.63, 3.8) is 0 Å². The monoisotopic (exact) mass is 409 g/mol. The Labute approximate surface area is 177 Å². The first-order valence-corrected chi connectivity index (χ1v) is 9.94. The van der Waals surface area contributed by atoms with Crippen molar-refractivity contribution in [1.82, 2.24) is 4.90 Å². The van der Waals surface area contributed by atoms with E-state index >= 15 is 0 Å². The van der Waals surface area contributed by atoms with Crippen LogP contribution in [0.3, 0.4) is 0 Å². The van der Waals surface area contributed by atoms with E-state index in [2.05, 4.69) is 0 Å². The molecule has 1 heterocycles. The maximum Gasteiger partial charge on any atom is 0.260 e. The minimum absolute atomic E-state index is 0.0587. The molecular weight excluding hydrogens is 382 g/mol. The molecule has 1 aliphatic rings. The van der Waals surface area contributed by atoms with Crippen LogP contribution in [0.5, 0.6) is 11.5 Å². The summed E-state index contributed by atoms with van der Waals surface area (Å²) in [5, 5.41) is 0. The summed E-state index contributed by atoms with van der Waals surface area (Å²) in [6.07, 6.45) is 3.28. The molecule has 1 aliphatic heterocycles. The number of amides is 1. The van der Waals surface area contributed by atoms with E-state index in [-0.39, 0.29) is 18.3 Å². The largest absolute Gasteiger partial charge is 0.493 e. The van der Waals surface area contributed by atoms with Gasteiger partial charge in [-0.1, -0.05) is 24.3 Å². The maximum atomic E-state index is 12.4. The van der Waals surface area contributed by atoms with Gasteiger partial charge in [0.05, 0.1) is 20.3 Å². The van der Waals surface area contributed by atoms with Gasteiger partial charge in [0.2, 0.25) is 0 Å². The molecule has 0 saturated carbocycles. The first-order chi connectivity index (χ1) is 14.5. The van der Waals surface area contributed by atoms with Crippen molar-refractivity contribution in [1.29, 1.82) is 0 Å². The number of methoxy groups -OCH3 is 1. The molecule has 2 aromatic carbocycles. The summed E-state index contributed by atoms with van der Waals surface area (Å²) in [5.74, 6) is 0.846. The number of carbonyl (C=O) groups excluding carboxylic acids is 2. The summed E-state index contributed by atoms with van der Waals surface area (Å²) in [5.41, 5.74) is 3.70. The molecule has 0 bridgehead atoms. The summed E-state index contributed by atoms with van der Waals surface area (Å²) < 4.78 is 16.3. The topological polar surface area (TPSA) is 65.1 Å². The molecule has 6 nitrogen and oxygen atoms in total. The molecule has 0 radical (unpaired) electrons. The lowest BCUT2D eigenvalue weighted by molar-refractivity contribution is -0.137. The zero-order chi connectivity index (χ0) is 21.5. The molecule has 0 unspecified atom stereocenters. The summed E-state index contributed by atoms with van der Waals surface area (Å²) >= 11 is 0. The van der Waals surface area contributed by atoms with Gasteiger partial charge in [-0.05, 0) is 54.8 Å². The smallest absolute Gasteiger partial charge is 0.260 e. The molecule has 2 aromatic rings. The van der Waals surface area contributed by atoms with Gasteiger partial charge in [-0.25, -0.2) is 0 Å². The van der Waals surface area contributed by atoms with Gasteiger partial charge in [-0.15, -0.1) is 0 Å². The van der Waals surface area contributed by atoms with Crippen molar-refractivity contribution in [2.24, 2.45) is 0 Å². The lowest BCUT2D eigenvalue weighted by Crippen LogP contribution is -2.43. The summed E-state index contributed by atoms with van der Waals surface area (Å²) in [6.45, 7) is 6.22. The first kappa shape index (κ1) is 21.6. The number of ether oxygens (including phenoxy) is 3. The SMILES string of the molecule is COc1cc(/C=C/C(=O)c2ccc(C)c(C)c2)ccc1OCC(=O)N1CCOCC1. The molecular formula is C24H27NO5. The average molecular weight is 409 g/mol. The number of hydrogen-bond acceptors (Lipinski definition) is 5. The Kier molecular flexibility index (Phi) is 7.25. The highest BCUT2D eigenvalue weighted by Gasteiger charge is 2.18. The van der Waals surface area contributed by atoms with Crippen molar-refractivity contribution >= 4 is 17.8 Å². The Morgan fingerprint density at radius 1 is 1.03 bits per heavy atom. The fourth-order valence-corrected chi connectivity index (χ4v) is 3.11. The lowest BCUT2D eigenvalue weighted by Gasteiger charge is -2.26. The highest BCUT2D eigenvalue weighted by atomic mass is 16.5. The zero-order valence-corrected chi connectivity index (χ0v) is 17.6. The number of rotatable bonds is 7. The van der Waals surface area contributed by atoms with Crippen LogP contribution >= 0.6 is 0 Å². The van der Waals surface area contributed by atoms with Gasteiger partial charge in [0, 0.05) is 18.7 Å². The van der Waals surface area contributed by atoms with Crippen LogP contribution in [0.2, 0.25) is 0 Å². The van der Waals surface area contributed by atoms with Crippen LogP contribution in [0, 0.1) is 13.8 Å². The van der Waals surface area contributed by atoms with E-state index in [1.54, 1.807) is 36.3 Å². The van der Waals surface area contributed by atoms with Crippen LogP contribution in [0.25, 0.3) is 6.08 Å². The predicted molar refractivity (Wildman–Crippen MR) is 115 cm³/mol. The van der Waals surface area contributed by atoms with Crippen molar-refractivity contribution in [2.75, 3.05) is 40.0 Å². The number of carbonyl (C=O) groups is 2. The average Bonchev–Trinajstić information content (AvgIpc) is 2.78. The van der Waals surface area contributed by atoms with E-state index < -0.39 is 0 Å². The van der Waals surface area contributed by atoms with E-state index in [0.717, 1.165) is 16.7 Å². The molecule has 0 aromatic heterocycles. The first-order valence-electron chi connectivity index (χ1n) is 9.94. The van der Waals surface area contributed by atoms with Crippen molar-refractivity contribution in [2.45, 2.75) is 13.8 Å². The maximum absolute atomic E-state index is 12.4. The Hall–Kier alpha value is -3.12. The van der Waals surface area contributed by atoms with E-state index in [9.17, 15) is 9.59 Å². The number of benzene rings is 2. The van der Waals surface area contributed by atoms with Gasteiger partial charge in [0.15, 0.2) is 23.9 Å². The van der Waals surface area contributed by atoms with Gasteiger partial charge in [0.1, 0.15) is 0 Å². The molecule has 0 atom stereocenters. The number of aryl methyl sites for hydroxylation is 2. The molecule has 6 heteroatoms. The van der Waals surface area contributed by atoms with Crippen LogP contribution < -0.4 is 9.47 Å². The molecule has 158 valence electrons. The molecule has 1 fully saturated rings. The molecule has 0 N–H and O–H groups in total. The molecule has 3 rings (SSSR count). The van der Waals surface area contributed by atoms with Gasteiger partial charge >= 0.3 is 0 Å².